The van der Waals surface area contributed by atoms with Gasteiger partial charge in [0.2, 0.25) is 0 Å². The van der Waals surface area contributed by atoms with Crippen LogP contribution in [0, 0.1) is 20.2 Å². The highest BCUT2D eigenvalue weighted by atomic mass is 19.3. The SMILES string of the molecule is COc1cc(COC(=O)c2cc([N+](=O)[O-])ccc2N2CCOCC2)c([N+](=O)[O-])cc1OC(F)F. The van der Waals surface area contributed by atoms with Gasteiger partial charge in [-0.05, 0) is 12.1 Å². The number of esters is 1. The summed E-state index contributed by atoms with van der Waals surface area (Å²) in [6.45, 7) is -2.22. The van der Waals surface area contributed by atoms with E-state index >= 15 is 0 Å². The summed E-state index contributed by atoms with van der Waals surface area (Å²) in [6.07, 6.45) is 0. The van der Waals surface area contributed by atoms with Crippen molar-refractivity contribution in [2.24, 2.45) is 0 Å². The highest BCUT2D eigenvalue weighted by molar-refractivity contribution is 5.96. The molecular weight excluding hydrogens is 464 g/mol. The third-order valence-corrected chi connectivity index (χ3v) is 4.90. The van der Waals surface area contributed by atoms with Crippen molar-refractivity contribution in [2.75, 3.05) is 38.3 Å². The lowest BCUT2D eigenvalue weighted by molar-refractivity contribution is -0.386. The number of anilines is 1. The van der Waals surface area contributed by atoms with Crippen molar-refractivity contribution in [1.29, 1.82) is 0 Å². The molecule has 2 aromatic rings. The summed E-state index contributed by atoms with van der Waals surface area (Å²) in [5.41, 5.74) is -0.869. The maximum Gasteiger partial charge on any atom is 0.387 e. The van der Waals surface area contributed by atoms with Gasteiger partial charge in [0, 0.05) is 25.2 Å². The number of rotatable bonds is 9. The molecule has 182 valence electrons. The van der Waals surface area contributed by atoms with Crippen molar-refractivity contribution < 1.29 is 42.4 Å². The zero-order chi connectivity index (χ0) is 24.8. The van der Waals surface area contributed by atoms with Crippen LogP contribution in [0.5, 0.6) is 11.5 Å². The van der Waals surface area contributed by atoms with E-state index in [0.717, 1.165) is 25.3 Å². The second-order valence-electron chi connectivity index (χ2n) is 6.90. The first-order valence-electron chi connectivity index (χ1n) is 9.79. The van der Waals surface area contributed by atoms with Crippen LogP contribution in [-0.4, -0.2) is 55.8 Å². The standard InChI is InChI=1S/C20H19F2N3O9/c1-31-17-8-12(16(25(29)30)10-18(17)34-20(21)22)11-33-19(26)14-9-13(24(27)28)2-3-15(14)23-4-6-32-7-5-23/h2-3,8-10,20H,4-7,11H2,1H3. The van der Waals surface area contributed by atoms with Crippen LogP contribution < -0.4 is 14.4 Å². The molecule has 14 heteroatoms. The van der Waals surface area contributed by atoms with E-state index in [9.17, 15) is 33.8 Å². The zero-order valence-electron chi connectivity index (χ0n) is 17.8. The Balaban J connectivity index is 1.91. The average molecular weight is 483 g/mol. The lowest BCUT2D eigenvalue weighted by atomic mass is 10.1. The third kappa shape index (κ3) is 5.64. The van der Waals surface area contributed by atoms with Gasteiger partial charge in [0.05, 0.1) is 53.1 Å². The number of nitrogens with zero attached hydrogens (tertiary/aromatic N) is 3. The van der Waals surface area contributed by atoms with Gasteiger partial charge in [0.15, 0.2) is 11.5 Å². The lowest BCUT2D eigenvalue weighted by Gasteiger charge is -2.30. The second-order valence-corrected chi connectivity index (χ2v) is 6.90. The van der Waals surface area contributed by atoms with Crippen LogP contribution >= 0.6 is 0 Å². The highest BCUT2D eigenvalue weighted by Crippen LogP contribution is 2.36. The Morgan fingerprint density at radius 2 is 1.82 bits per heavy atom. The number of hydrogen-bond acceptors (Lipinski definition) is 10. The number of alkyl halides is 2. The molecule has 1 fully saturated rings. The maximum absolute atomic E-state index is 12.9. The van der Waals surface area contributed by atoms with Gasteiger partial charge in [-0.2, -0.15) is 8.78 Å². The molecule has 0 atom stereocenters. The van der Waals surface area contributed by atoms with Gasteiger partial charge in [-0.15, -0.1) is 0 Å². The quantitative estimate of drug-likeness (QED) is 0.296. The number of nitro benzene ring substituents is 2. The molecule has 1 aliphatic rings. The van der Waals surface area contributed by atoms with E-state index in [1.54, 1.807) is 4.90 Å². The van der Waals surface area contributed by atoms with Gasteiger partial charge in [-0.25, -0.2) is 4.79 Å². The number of ether oxygens (including phenoxy) is 4. The number of nitro groups is 2. The van der Waals surface area contributed by atoms with Crippen molar-refractivity contribution in [1.82, 2.24) is 0 Å². The minimum absolute atomic E-state index is 0.108. The summed E-state index contributed by atoms with van der Waals surface area (Å²) in [4.78, 5) is 35.8. The van der Waals surface area contributed by atoms with Gasteiger partial charge in [-0.1, -0.05) is 0 Å². The van der Waals surface area contributed by atoms with Crippen LogP contribution in [0.15, 0.2) is 30.3 Å². The first-order valence-corrected chi connectivity index (χ1v) is 9.79. The predicted molar refractivity (Wildman–Crippen MR) is 112 cm³/mol. The molecule has 12 nitrogen and oxygen atoms in total. The number of carbonyl (C=O) groups excluding carboxylic acids is 1. The van der Waals surface area contributed by atoms with E-state index in [1.165, 1.54) is 12.1 Å². The Morgan fingerprint density at radius 3 is 2.41 bits per heavy atom. The highest BCUT2D eigenvalue weighted by Gasteiger charge is 2.26. The van der Waals surface area contributed by atoms with Crippen molar-refractivity contribution in [2.45, 2.75) is 13.2 Å². The minimum atomic E-state index is -3.25. The number of morpholine rings is 1. The number of methoxy groups -OCH3 is 1. The largest absolute Gasteiger partial charge is 0.493 e. The molecule has 0 aromatic heterocycles. The molecule has 0 N–H and O–H groups in total. The molecule has 0 aliphatic carbocycles. The molecule has 0 unspecified atom stereocenters. The summed E-state index contributed by atoms with van der Waals surface area (Å²) in [5, 5.41) is 22.6. The van der Waals surface area contributed by atoms with Crippen LogP contribution in [-0.2, 0) is 16.1 Å². The fourth-order valence-electron chi connectivity index (χ4n) is 3.33. The van der Waals surface area contributed by atoms with E-state index in [-0.39, 0.29) is 22.6 Å². The van der Waals surface area contributed by atoms with Crippen LogP contribution in [0.3, 0.4) is 0 Å². The molecular formula is C20H19F2N3O9. The molecule has 1 aliphatic heterocycles. The molecule has 0 spiro atoms. The van der Waals surface area contributed by atoms with Gasteiger partial charge in [-0.3, -0.25) is 20.2 Å². The molecule has 1 heterocycles. The minimum Gasteiger partial charge on any atom is -0.493 e. The molecule has 2 aromatic carbocycles. The Morgan fingerprint density at radius 1 is 1.12 bits per heavy atom. The third-order valence-electron chi connectivity index (χ3n) is 4.90. The van der Waals surface area contributed by atoms with Crippen molar-refractivity contribution in [3.63, 3.8) is 0 Å². The topological polar surface area (TPSA) is 144 Å². The summed E-state index contributed by atoms with van der Waals surface area (Å²) in [5.74, 6) is -1.76. The molecule has 1 saturated heterocycles. The summed E-state index contributed by atoms with van der Waals surface area (Å²) >= 11 is 0. The Hall–Kier alpha value is -4.07. The molecule has 3 rings (SSSR count). The Bertz CT molecular complexity index is 1090. The monoisotopic (exact) mass is 483 g/mol. The lowest BCUT2D eigenvalue weighted by Crippen LogP contribution is -2.37. The van der Waals surface area contributed by atoms with E-state index in [0.29, 0.717) is 32.0 Å². The number of hydrogen-bond donors (Lipinski definition) is 0. The number of halogens is 2. The molecule has 0 amide bonds. The van der Waals surface area contributed by atoms with Crippen LogP contribution in [0.4, 0.5) is 25.8 Å². The number of carbonyl (C=O) groups is 1. The van der Waals surface area contributed by atoms with Gasteiger partial charge in [0.25, 0.3) is 11.4 Å². The fourth-order valence-corrected chi connectivity index (χ4v) is 3.33. The average Bonchev–Trinajstić information content (AvgIpc) is 2.82. The number of benzene rings is 2. The van der Waals surface area contributed by atoms with Crippen molar-refractivity contribution >= 4 is 23.0 Å². The Labute approximate surface area is 190 Å². The predicted octanol–water partition coefficient (Wildman–Crippen LogP) is 3.31. The first kappa shape index (κ1) is 24.6. The molecule has 0 radical (unpaired) electrons. The van der Waals surface area contributed by atoms with Crippen LogP contribution in [0.25, 0.3) is 0 Å². The first-order chi connectivity index (χ1) is 16.2. The van der Waals surface area contributed by atoms with E-state index in [1.807, 2.05) is 0 Å². The van der Waals surface area contributed by atoms with Crippen LogP contribution in [0.2, 0.25) is 0 Å². The zero-order valence-corrected chi connectivity index (χ0v) is 17.8. The van der Waals surface area contributed by atoms with Gasteiger partial charge in [0.1, 0.15) is 6.61 Å². The van der Waals surface area contributed by atoms with Gasteiger partial charge < -0.3 is 23.8 Å². The van der Waals surface area contributed by atoms with Gasteiger partial charge >= 0.3 is 12.6 Å². The Kier molecular flexibility index (Phi) is 7.73. The second kappa shape index (κ2) is 10.7. The summed E-state index contributed by atoms with van der Waals surface area (Å²) in [7, 11) is 1.15. The fraction of sp³-hybridized carbons (Fsp3) is 0.350. The van der Waals surface area contributed by atoms with Crippen molar-refractivity contribution in [3.8, 4) is 11.5 Å². The van der Waals surface area contributed by atoms with Crippen molar-refractivity contribution in [3.05, 3.63) is 61.7 Å². The maximum atomic E-state index is 12.9. The molecule has 0 bridgehead atoms. The number of non-ortho nitro benzene ring substituents is 1. The smallest absolute Gasteiger partial charge is 0.387 e. The molecule has 34 heavy (non-hydrogen) atoms. The van der Waals surface area contributed by atoms with E-state index in [2.05, 4.69) is 4.74 Å². The summed E-state index contributed by atoms with van der Waals surface area (Å²) in [6, 6.07) is 5.50. The normalized spacial score (nSPS) is 13.5. The van der Waals surface area contributed by atoms with E-state index in [4.69, 9.17) is 14.2 Å². The van der Waals surface area contributed by atoms with Crippen LogP contribution in [0.1, 0.15) is 15.9 Å². The van der Waals surface area contributed by atoms with E-state index < -0.39 is 40.5 Å². The summed E-state index contributed by atoms with van der Waals surface area (Å²) < 4.78 is 44.9. The molecule has 0 saturated carbocycles.